The van der Waals surface area contributed by atoms with Crippen molar-refractivity contribution in [2.45, 2.75) is 25.3 Å². The highest BCUT2D eigenvalue weighted by Crippen LogP contribution is 2.28. The molecule has 0 saturated carbocycles. The summed E-state index contributed by atoms with van der Waals surface area (Å²) in [6.07, 6.45) is 2.05. The minimum atomic E-state index is -3.40. The van der Waals surface area contributed by atoms with Gasteiger partial charge in [-0.25, -0.2) is 13.2 Å². The van der Waals surface area contributed by atoms with Crippen LogP contribution >= 0.6 is 0 Å². The zero-order valence-corrected chi connectivity index (χ0v) is 13.5. The second-order valence-electron chi connectivity index (χ2n) is 6.21. The fourth-order valence-corrected chi connectivity index (χ4v) is 4.86. The van der Waals surface area contributed by atoms with Crippen molar-refractivity contribution < 1.29 is 23.1 Å². The molecule has 0 radical (unpaired) electrons. The molecular formula is C16H19NO5S. The lowest BCUT2D eigenvalue weighted by atomic mass is 9.83. The molecule has 0 spiro atoms. The average Bonchev–Trinajstić information content (AvgIpc) is 2.53. The minimum absolute atomic E-state index is 0.0315. The number of hydrogen-bond donors (Lipinski definition) is 1. The fraction of sp³-hybridized carbons (Fsp3) is 0.500. The molecule has 7 heteroatoms. The van der Waals surface area contributed by atoms with Gasteiger partial charge in [-0.3, -0.25) is 4.79 Å². The van der Waals surface area contributed by atoms with Gasteiger partial charge in [0.25, 0.3) is 0 Å². The molecule has 1 aliphatic heterocycles. The standard InChI is InChI=1S/C16H19NO5S/c18-15(13-6-5-11-3-1-2-4-12(11)9-13)17-7-8-23(21,22)10-14(17)16(19)20/h1-4,13-14H,5-10H2,(H,19,20). The van der Waals surface area contributed by atoms with Crippen LogP contribution in [0.15, 0.2) is 24.3 Å². The number of amides is 1. The van der Waals surface area contributed by atoms with Gasteiger partial charge in [0.2, 0.25) is 5.91 Å². The molecule has 2 aliphatic rings. The summed E-state index contributed by atoms with van der Waals surface area (Å²) < 4.78 is 23.3. The Labute approximate surface area is 135 Å². The van der Waals surface area contributed by atoms with E-state index in [1.807, 2.05) is 24.3 Å². The Morgan fingerprint density at radius 3 is 2.57 bits per heavy atom. The molecule has 1 aromatic rings. The van der Waals surface area contributed by atoms with E-state index in [4.69, 9.17) is 0 Å². The summed E-state index contributed by atoms with van der Waals surface area (Å²) in [4.78, 5) is 25.4. The van der Waals surface area contributed by atoms with Crippen LogP contribution < -0.4 is 0 Å². The number of hydrogen-bond acceptors (Lipinski definition) is 4. The van der Waals surface area contributed by atoms with Crippen LogP contribution in [0.1, 0.15) is 17.5 Å². The highest BCUT2D eigenvalue weighted by molar-refractivity contribution is 7.91. The van der Waals surface area contributed by atoms with Crippen LogP contribution in [0.5, 0.6) is 0 Å². The van der Waals surface area contributed by atoms with Crippen LogP contribution in [0.2, 0.25) is 0 Å². The van der Waals surface area contributed by atoms with Crippen LogP contribution in [0.3, 0.4) is 0 Å². The number of nitrogens with zero attached hydrogens (tertiary/aromatic N) is 1. The quantitative estimate of drug-likeness (QED) is 0.848. The van der Waals surface area contributed by atoms with Gasteiger partial charge in [-0.05, 0) is 30.4 Å². The Morgan fingerprint density at radius 1 is 1.17 bits per heavy atom. The first-order chi connectivity index (χ1) is 10.9. The van der Waals surface area contributed by atoms with Gasteiger partial charge in [0.1, 0.15) is 6.04 Å². The maximum atomic E-state index is 12.8. The van der Waals surface area contributed by atoms with E-state index in [0.29, 0.717) is 12.8 Å². The number of aryl methyl sites for hydroxylation is 1. The average molecular weight is 337 g/mol. The monoisotopic (exact) mass is 337 g/mol. The summed E-state index contributed by atoms with van der Waals surface area (Å²) >= 11 is 0. The lowest BCUT2D eigenvalue weighted by molar-refractivity contribution is -0.151. The Kier molecular flexibility index (Phi) is 4.14. The zero-order chi connectivity index (χ0) is 16.6. The normalized spacial score (nSPS) is 26.3. The summed E-state index contributed by atoms with van der Waals surface area (Å²) in [6, 6.07) is 6.67. The number of carbonyl (C=O) groups is 2. The Morgan fingerprint density at radius 2 is 1.87 bits per heavy atom. The lowest BCUT2D eigenvalue weighted by Gasteiger charge is -2.36. The molecular weight excluding hydrogens is 318 g/mol. The Hall–Kier alpha value is -1.89. The number of carboxylic acid groups (broad SMARTS) is 1. The summed E-state index contributed by atoms with van der Waals surface area (Å²) in [6.45, 7) is -0.0315. The first-order valence-electron chi connectivity index (χ1n) is 7.68. The van der Waals surface area contributed by atoms with Gasteiger partial charge >= 0.3 is 5.97 Å². The minimum Gasteiger partial charge on any atom is -0.480 e. The van der Waals surface area contributed by atoms with Gasteiger partial charge in [-0.1, -0.05) is 24.3 Å². The molecule has 1 aliphatic carbocycles. The first kappa shape index (κ1) is 16.0. The maximum absolute atomic E-state index is 12.8. The van der Waals surface area contributed by atoms with E-state index in [1.54, 1.807) is 0 Å². The number of benzene rings is 1. The van der Waals surface area contributed by atoms with E-state index >= 15 is 0 Å². The molecule has 0 bridgehead atoms. The summed E-state index contributed by atoms with van der Waals surface area (Å²) in [5.41, 5.74) is 2.35. The van der Waals surface area contributed by atoms with E-state index in [-0.39, 0.29) is 24.1 Å². The van der Waals surface area contributed by atoms with E-state index in [1.165, 1.54) is 10.5 Å². The molecule has 1 aromatic carbocycles. The molecule has 2 unspecified atom stereocenters. The van der Waals surface area contributed by atoms with E-state index < -0.39 is 27.6 Å². The van der Waals surface area contributed by atoms with Gasteiger partial charge in [-0.2, -0.15) is 0 Å². The lowest BCUT2D eigenvalue weighted by Crippen LogP contribution is -2.56. The molecule has 0 aromatic heterocycles. The smallest absolute Gasteiger partial charge is 0.327 e. The molecule has 1 N–H and O–H groups in total. The summed E-state index contributed by atoms with van der Waals surface area (Å²) in [5, 5.41) is 9.29. The van der Waals surface area contributed by atoms with Crippen molar-refractivity contribution in [1.82, 2.24) is 4.90 Å². The van der Waals surface area contributed by atoms with Crippen molar-refractivity contribution in [2.75, 3.05) is 18.1 Å². The zero-order valence-electron chi connectivity index (χ0n) is 12.6. The van der Waals surface area contributed by atoms with Gasteiger partial charge in [0.15, 0.2) is 9.84 Å². The molecule has 1 heterocycles. The number of aliphatic carboxylic acids is 1. The largest absolute Gasteiger partial charge is 0.480 e. The second kappa shape index (κ2) is 5.96. The van der Waals surface area contributed by atoms with Crippen molar-refractivity contribution in [1.29, 1.82) is 0 Å². The van der Waals surface area contributed by atoms with E-state index in [9.17, 15) is 23.1 Å². The van der Waals surface area contributed by atoms with Crippen molar-refractivity contribution in [3.8, 4) is 0 Å². The SMILES string of the molecule is O=C(O)C1CS(=O)(=O)CCN1C(=O)C1CCc2ccccc2C1. The van der Waals surface area contributed by atoms with Crippen LogP contribution in [0.25, 0.3) is 0 Å². The number of sulfone groups is 1. The molecule has 2 atom stereocenters. The third-order valence-electron chi connectivity index (χ3n) is 4.70. The van der Waals surface area contributed by atoms with Crippen LogP contribution in [0.4, 0.5) is 0 Å². The summed E-state index contributed by atoms with van der Waals surface area (Å²) in [7, 11) is -3.40. The molecule has 1 fully saturated rings. The van der Waals surface area contributed by atoms with Crippen molar-refractivity contribution >= 4 is 21.7 Å². The van der Waals surface area contributed by atoms with Crippen LogP contribution in [0, 0.1) is 5.92 Å². The highest BCUT2D eigenvalue weighted by Gasteiger charge is 2.41. The van der Waals surface area contributed by atoms with Gasteiger partial charge in [0.05, 0.1) is 11.5 Å². The predicted octanol–water partition coefficient (Wildman–Crippen LogP) is 0.502. The van der Waals surface area contributed by atoms with Gasteiger partial charge in [0, 0.05) is 12.5 Å². The van der Waals surface area contributed by atoms with Gasteiger partial charge < -0.3 is 10.0 Å². The van der Waals surface area contributed by atoms with E-state index in [2.05, 4.69) is 0 Å². The van der Waals surface area contributed by atoms with Crippen molar-refractivity contribution in [3.63, 3.8) is 0 Å². The first-order valence-corrected chi connectivity index (χ1v) is 9.50. The number of rotatable bonds is 2. The number of carbonyl (C=O) groups excluding carboxylic acids is 1. The van der Waals surface area contributed by atoms with Crippen molar-refractivity contribution in [2.24, 2.45) is 5.92 Å². The molecule has 23 heavy (non-hydrogen) atoms. The second-order valence-corrected chi connectivity index (χ2v) is 8.44. The molecule has 3 rings (SSSR count). The van der Waals surface area contributed by atoms with Crippen LogP contribution in [-0.2, 0) is 32.3 Å². The Balaban J connectivity index is 1.79. The fourth-order valence-electron chi connectivity index (χ4n) is 3.42. The predicted molar refractivity (Wildman–Crippen MR) is 83.7 cm³/mol. The number of fused-ring (bicyclic) bond motifs is 1. The third-order valence-corrected chi connectivity index (χ3v) is 6.32. The third kappa shape index (κ3) is 3.24. The van der Waals surface area contributed by atoms with Crippen molar-refractivity contribution in [3.05, 3.63) is 35.4 Å². The highest BCUT2D eigenvalue weighted by atomic mass is 32.2. The number of carboxylic acids is 1. The molecule has 1 amide bonds. The van der Waals surface area contributed by atoms with E-state index in [0.717, 1.165) is 12.0 Å². The van der Waals surface area contributed by atoms with Gasteiger partial charge in [-0.15, -0.1) is 0 Å². The molecule has 124 valence electrons. The molecule has 1 saturated heterocycles. The molecule has 6 nitrogen and oxygen atoms in total. The Bertz CT molecular complexity index is 743. The topological polar surface area (TPSA) is 91.8 Å². The maximum Gasteiger partial charge on any atom is 0.327 e. The summed E-state index contributed by atoms with van der Waals surface area (Å²) in [5.74, 6) is -2.41. The van der Waals surface area contributed by atoms with Crippen LogP contribution in [-0.4, -0.2) is 54.4 Å².